The maximum Gasteiger partial charge on any atom is 0.257 e. The van der Waals surface area contributed by atoms with Gasteiger partial charge < -0.3 is 20.4 Å². The fourth-order valence-electron chi connectivity index (χ4n) is 4.61. The molecule has 6 rings (SSSR count). The van der Waals surface area contributed by atoms with Gasteiger partial charge in [0.05, 0.1) is 41.5 Å². The molecular formula is C25H24N8O2. The molecular weight excluding hydrogens is 444 g/mol. The van der Waals surface area contributed by atoms with Gasteiger partial charge in [-0.3, -0.25) is 9.48 Å². The zero-order valence-corrected chi connectivity index (χ0v) is 19.2. The number of hydrogen-bond acceptors (Lipinski definition) is 7. The van der Waals surface area contributed by atoms with Crippen LogP contribution in [0, 0.1) is 0 Å². The molecule has 5 aromatic rings. The van der Waals surface area contributed by atoms with Crippen LogP contribution in [0.15, 0.2) is 55.4 Å². The molecule has 1 saturated heterocycles. The average Bonchev–Trinajstić information content (AvgIpc) is 3.55. The molecule has 176 valence electrons. The van der Waals surface area contributed by atoms with Gasteiger partial charge in [-0.25, -0.2) is 15.0 Å². The number of pyridine rings is 1. The number of H-pyrrole nitrogens is 1. The molecule has 0 bridgehead atoms. The third kappa shape index (κ3) is 3.97. The monoisotopic (exact) mass is 468 g/mol. The molecule has 1 fully saturated rings. The predicted molar refractivity (Wildman–Crippen MR) is 132 cm³/mol. The van der Waals surface area contributed by atoms with Gasteiger partial charge >= 0.3 is 0 Å². The summed E-state index contributed by atoms with van der Waals surface area (Å²) in [7, 11) is 1.59. The average molecular weight is 469 g/mol. The molecule has 10 heteroatoms. The van der Waals surface area contributed by atoms with Crippen LogP contribution in [0.2, 0.25) is 0 Å². The molecule has 1 amide bonds. The molecule has 0 aliphatic carbocycles. The normalized spacial score (nSPS) is 14.4. The molecule has 0 saturated carbocycles. The maximum absolute atomic E-state index is 13.0. The number of ether oxygens (including phenoxy) is 1. The number of benzene rings is 1. The Morgan fingerprint density at radius 1 is 1.11 bits per heavy atom. The van der Waals surface area contributed by atoms with Crippen LogP contribution >= 0.6 is 0 Å². The number of carbonyl (C=O) groups excluding carboxylic acids is 1. The van der Waals surface area contributed by atoms with Gasteiger partial charge in [-0.1, -0.05) is 6.07 Å². The molecule has 0 spiro atoms. The number of carbonyl (C=O) groups is 1. The van der Waals surface area contributed by atoms with E-state index in [4.69, 9.17) is 4.74 Å². The van der Waals surface area contributed by atoms with Crippen molar-refractivity contribution in [3.8, 4) is 17.0 Å². The van der Waals surface area contributed by atoms with Crippen molar-refractivity contribution < 1.29 is 9.53 Å². The number of piperidine rings is 1. The number of rotatable bonds is 5. The highest BCUT2D eigenvalue weighted by molar-refractivity contribution is 6.07. The van der Waals surface area contributed by atoms with Gasteiger partial charge in [0.15, 0.2) is 0 Å². The predicted octanol–water partition coefficient (Wildman–Crippen LogP) is 3.56. The molecule has 4 aromatic heterocycles. The van der Waals surface area contributed by atoms with E-state index < -0.39 is 0 Å². The van der Waals surface area contributed by atoms with Gasteiger partial charge in [0.25, 0.3) is 5.91 Å². The number of aromatic nitrogens is 6. The second-order valence-corrected chi connectivity index (χ2v) is 8.58. The summed E-state index contributed by atoms with van der Waals surface area (Å²) in [6, 6.07) is 8.10. The third-order valence-electron chi connectivity index (χ3n) is 6.44. The van der Waals surface area contributed by atoms with E-state index in [2.05, 4.69) is 35.7 Å². The standard InChI is InChI=1S/C25H24N8O2/c1-35-25-20-8-15(2-3-22(20)29-14-30-25)21-12-28-23-19(21)9-16(10-27-23)24(34)32-17-11-31-33(13-17)18-4-6-26-7-5-18/h2-3,8-14,18,26H,4-7H2,1H3,(H,27,28)(H,32,34). The zero-order valence-electron chi connectivity index (χ0n) is 19.2. The van der Waals surface area contributed by atoms with Crippen molar-refractivity contribution >= 4 is 33.5 Å². The van der Waals surface area contributed by atoms with Crippen LogP contribution in [0.25, 0.3) is 33.1 Å². The minimum atomic E-state index is -0.231. The van der Waals surface area contributed by atoms with Crippen LogP contribution in [-0.4, -0.2) is 55.8 Å². The van der Waals surface area contributed by atoms with Crippen LogP contribution in [0.1, 0.15) is 29.2 Å². The summed E-state index contributed by atoms with van der Waals surface area (Å²) in [5, 5.41) is 12.4. The first-order valence-electron chi connectivity index (χ1n) is 11.5. The van der Waals surface area contributed by atoms with E-state index in [1.54, 1.807) is 19.5 Å². The van der Waals surface area contributed by atoms with Crippen LogP contribution in [0.3, 0.4) is 0 Å². The van der Waals surface area contributed by atoms with Crippen LogP contribution in [0.4, 0.5) is 5.69 Å². The SMILES string of the molecule is COc1ncnc2ccc(-c3c[nH]c4ncc(C(=O)Nc5cnn(C6CCNCC6)c5)cc34)cc12. The van der Waals surface area contributed by atoms with Crippen LogP contribution < -0.4 is 15.4 Å². The number of methoxy groups -OCH3 is 1. The molecule has 1 aliphatic heterocycles. The Hall–Kier alpha value is -4.31. The molecule has 35 heavy (non-hydrogen) atoms. The first kappa shape index (κ1) is 21.2. The summed E-state index contributed by atoms with van der Waals surface area (Å²) in [6.07, 6.45) is 10.6. The van der Waals surface area contributed by atoms with E-state index in [1.165, 1.54) is 6.33 Å². The number of fused-ring (bicyclic) bond motifs is 2. The fourth-order valence-corrected chi connectivity index (χ4v) is 4.61. The van der Waals surface area contributed by atoms with Gasteiger partial charge in [-0.2, -0.15) is 5.10 Å². The molecule has 3 N–H and O–H groups in total. The summed E-state index contributed by atoms with van der Waals surface area (Å²) in [5.41, 5.74) is 4.50. The largest absolute Gasteiger partial charge is 0.480 e. The minimum Gasteiger partial charge on any atom is -0.480 e. The fraction of sp³-hybridized carbons (Fsp3) is 0.240. The molecule has 0 unspecified atom stereocenters. The second kappa shape index (κ2) is 8.80. The highest BCUT2D eigenvalue weighted by atomic mass is 16.5. The Labute approximate surface area is 200 Å². The number of aromatic amines is 1. The van der Waals surface area contributed by atoms with E-state index in [9.17, 15) is 4.79 Å². The number of amides is 1. The summed E-state index contributed by atoms with van der Waals surface area (Å²) < 4.78 is 7.35. The Kier molecular flexibility index (Phi) is 5.34. The van der Waals surface area contributed by atoms with Crippen molar-refractivity contribution in [2.45, 2.75) is 18.9 Å². The third-order valence-corrected chi connectivity index (χ3v) is 6.44. The number of nitrogens with one attached hydrogen (secondary N) is 3. The van der Waals surface area contributed by atoms with Crippen molar-refractivity contribution in [3.63, 3.8) is 0 Å². The van der Waals surface area contributed by atoms with Gasteiger partial charge in [-0.15, -0.1) is 0 Å². The summed E-state index contributed by atoms with van der Waals surface area (Å²) in [4.78, 5) is 29.2. The second-order valence-electron chi connectivity index (χ2n) is 8.58. The minimum absolute atomic E-state index is 0.231. The molecule has 0 atom stereocenters. The summed E-state index contributed by atoms with van der Waals surface area (Å²) in [5.74, 6) is 0.282. The van der Waals surface area contributed by atoms with E-state index in [0.717, 1.165) is 53.3 Å². The summed E-state index contributed by atoms with van der Waals surface area (Å²) in [6.45, 7) is 1.96. The van der Waals surface area contributed by atoms with E-state index >= 15 is 0 Å². The van der Waals surface area contributed by atoms with Crippen molar-refractivity contribution in [1.29, 1.82) is 0 Å². The van der Waals surface area contributed by atoms with Gasteiger partial charge in [-0.05, 0) is 49.7 Å². The highest BCUT2D eigenvalue weighted by Gasteiger charge is 2.17. The van der Waals surface area contributed by atoms with Crippen LogP contribution in [0.5, 0.6) is 5.88 Å². The molecule has 1 aromatic carbocycles. The Morgan fingerprint density at radius 2 is 2.00 bits per heavy atom. The van der Waals surface area contributed by atoms with E-state index in [0.29, 0.717) is 28.8 Å². The maximum atomic E-state index is 13.0. The molecule has 1 aliphatic rings. The lowest BCUT2D eigenvalue weighted by Gasteiger charge is -2.22. The van der Waals surface area contributed by atoms with Gasteiger partial charge in [0.1, 0.15) is 12.0 Å². The Bertz CT molecular complexity index is 1530. The lowest BCUT2D eigenvalue weighted by atomic mass is 10.0. The summed E-state index contributed by atoms with van der Waals surface area (Å²) >= 11 is 0. The van der Waals surface area contributed by atoms with E-state index in [-0.39, 0.29) is 5.91 Å². The zero-order chi connectivity index (χ0) is 23.8. The molecule has 5 heterocycles. The smallest absolute Gasteiger partial charge is 0.257 e. The number of hydrogen-bond donors (Lipinski definition) is 3. The molecule has 0 radical (unpaired) electrons. The molecule has 10 nitrogen and oxygen atoms in total. The number of anilines is 1. The Morgan fingerprint density at radius 3 is 2.86 bits per heavy atom. The van der Waals surface area contributed by atoms with Gasteiger partial charge in [0.2, 0.25) is 5.88 Å². The van der Waals surface area contributed by atoms with Crippen molar-refractivity contribution in [2.24, 2.45) is 0 Å². The quantitative estimate of drug-likeness (QED) is 0.360. The Balaban J connectivity index is 1.29. The first-order chi connectivity index (χ1) is 17.2. The van der Waals surface area contributed by atoms with Gasteiger partial charge in [0, 0.05) is 29.5 Å². The van der Waals surface area contributed by atoms with Crippen molar-refractivity contribution in [2.75, 3.05) is 25.5 Å². The number of nitrogens with zero attached hydrogens (tertiary/aromatic N) is 5. The van der Waals surface area contributed by atoms with E-state index in [1.807, 2.05) is 41.3 Å². The lowest BCUT2D eigenvalue weighted by Crippen LogP contribution is -2.29. The topological polar surface area (TPSA) is 123 Å². The highest BCUT2D eigenvalue weighted by Crippen LogP contribution is 2.32. The first-order valence-corrected chi connectivity index (χ1v) is 11.5. The lowest BCUT2D eigenvalue weighted by molar-refractivity contribution is 0.102. The van der Waals surface area contributed by atoms with Crippen molar-refractivity contribution in [1.82, 2.24) is 35.0 Å². The van der Waals surface area contributed by atoms with Crippen LogP contribution in [-0.2, 0) is 0 Å². The van der Waals surface area contributed by atoms with Crippen molar-refractivity contribution in [3.05, 3.63) is 60.9 Å².